The highest BCUT2D eigenvalue weighted by atomic mass is 35.5. The summed E-state index contributed by atoms with van der Waals surface area (Å²) in [6.07, 6.45) is -5.32. The van der Waals surface area contributed by atoms with Crippen molar-refractivity contribution in [2.24, 2.45) is 0 Å². The van der Waals surface area contributed by atoms with Crippen LogP contribution in [0, 0.1) is 0 Å². The lowest BCUT2D eigenvalue weighted by Gasteiger charge is -2.45. The molecule has 0 unspecified atom stereocenters. The molecule has 0 radical (unpaired) electrons. The topological polar surface area (TPSA) is 114 Å². The van der Waals surface area contributed by atoms with Gasteiger partial charge in [-0.2, -0.15) is 0 Å². The number of hydrogen-bond acceptors (Lipinski definition) is 9. The molecule has 9 nitrogen and oxygen atoms in total. The molecule has 1 heterocycles. The first-order chi connectivity index (χ1) is 11.4. The van der Waals surface area contributed by atoms with Crippen molar-refractivity contribution < 1.29 is 42.9 Å². The molecule has 0 aromatic heterocycles. The number of hydrogen-bond donors (Lipinski definition) is 0. The van der Waals surface area contributed by atoms with Crippen LogP contribution < -0.4 is 0 Å². The van der Waals surface area contributed by atoms with E-state index in [1.807, 2.05) is 0 Å². The smallest absolute Gasteiger partial charge is 0.303 e. The molecule has 0 aromatic rings. The van der Waals surface area contributed by atoms with E-state index in [1.54, 1.807) is 0 Å². The molecule has 0 N–H and O–H groups in total. The largest absolute Gasteiger partial charge is 0.463 e. The van der Waals surface area contributed by atoms with Crippen LogP contribution in [0.4, 0.5) is 0 Å². The zero-order chi connectivity index (χ0) is 19.4. The zero-order valence-corrected chi connectivity index (χ0v) is 15.5. The van der Waals surface area contributed by atoms with Crippen LogP contribution in [0.25, 0.3) is 0 Å². The Morgan fingerprint density at radius 2 is 1.32 bits per heavy atom. The van der Waals surface area contributed by atoms with Gasteiger partial charge in [-0.15, -0.1) is 0 Å². The van der Waals surface area contributed by atoms with Crippen molar-refractivity contribution in [1.82, 2.24) is 0 Å². The van der Waals surface area contributed by atoms with Crippen molar-refractivity contribution in [3.8, 4) is 0 Å². The van der Waals surface area contributed by atoms with E-state index in [4.69, 9.17) is 46.9 Å². The van der Waals surface area contributed by atoms with Gasteiger partial charge in [0.25, 0.3) is 4.52 Å². The third kappa shape index (κ3) is 6.33. The second-order valence-corrected chi connectivity index (χ2v) is 6.52. The average Bonchev–Trinajstić information content (AvgIpc) is 2.42. The van der Waals surface area contributed by atoms with Gasteiger partial charge in [0, 0.05) is 27.7 Å². The first-order valence-corrected chi connectivity index (χ1v) is 7.90. The predicted octanol–water partition coefficient (Wildman–Crippen LogP) is 0.875. The summed E-state index contributed by atoms with van der Waals surface area (Å²) in [5.41, 5.74) is 0. The van der Waals surface area contributed by atoms with E-state index in [9.17, 15) is 19.2 Å². The minimum absolute atomic E-state index is 0.390. The summed E-state index contributed by atoms with van der Waals surface area (Å²) in [5, 5.41) is 0. The van der Waals surface area contributed by atoms with Crippen molar-refractivity contribution in [1.29, 1.82) is 0 Å². The predicted molar refractivity (Wildman–Crippen MR) is 82.6 cm³/mol. The van der Waals surface area contributed by atoms with Gasteiger partial charge in [0.15, 0.2) is 18.3 Å². The summed E-state index contributed by atoms with van der Waals surface area (Å²) in [6.45, 7) is 4.05. The SMILES string of the molecule is CC(=O)OC[C@H]1OC(Cl)(Cl)[C@H](OC(C)=O)[C@@H](OC(C)=O)[C@@H]1OC(C)=O. The van der Waals surface area contributed by atoms with E-state index in [0.717, 1.165) is 27.7 Å². The zero-order valence-electron chi connectivity index (χ0n) is 13.9. The van der Waals surface area contributed by atoms with Gasteiger partial charge in [-0.25, -0.2) is 0 Å². The Balaban J connectivity index is 3.24. The number of esters is 4. The molecule has 1 aliphatic rings. The second-order valence-electron chi connectivity index (χ2n) is 5.20. The fourth-order valence-corrected chi connectivity index (χ4v) is 2.78. The second kappa shape index (κ2) is 8.68. The Kier molecular flexibility index (Phi) is 7.45. The fourth-order valence-electron chi connectivity index (χ4n) is 2.21. The molecular formula is C14H18Cl2O9. The molecule has 0 amide bonds. The van der Waals surface area contributed by atoms with Crippen LogP contribution in [-0.4, -0.2) is 59.4 Å². The fraction of sp³-hybridized carbons (Fsp3) is 0.714. The molecule has 4 atom stereocenters. The van der Waals surface area contributed by atoms with E-state index in [1.165, 1.54) is 0 Å². The summed E-state index contributed by atoms with van der Waals surface area (Å²) in [7, 11) is 0. The maximum Gasteiger partial charge on any atom is 0.303 e. The molecule has 1 saturated heterocycles. The van der Waals surface area contributed by atoms with E-state index in [2.05, 4.69) is 0 Å². The highest BCUT2D eigenvalue weighted by molar-refractivity contribution is 6.47. The lowest BCUT2D eigenvalue weighted by Crippen LogP contribution is -2.64. The lowest BCUT2D eigenvalue weighted by atomic mass is 9.99. The van der Waals surface area contributed by atoms with Gasteiger partial charge < -0.3 is 23.7 Å². The molecule has 142 valence electrons. The Morgan fingerprint density at radius 3 is 1.76 bits per heavy atom. The molecule has 1 aliphatic heterocycles. The van der Waals surface area contributed by atoms with Gasteiger partial charge in [0.2, 0.25) is 0 Å². The molecule has 0 saturated carbocycles. The minimum Gasteiger partial charge on any atom is -0.463 e. The van der Waals surface area contributed by atoms with E-state index in [-0.39, 0.29) is 6.61 Å². The monoisotopic (exact) mass is 400 g/mol. The number of rotatable bonds is 5. The number of carbonyl (C=O) groups excluding carboxylic acids is 4. The van der Waals surface area contributed by atoms with Gasteiger partial charge in [0.05, 0.1) is 0 Å². The molecule has 0 aliphatic carbocycles. The van der Waals surface area contributed by atoms with Crippen LogP contribution in [0.15, 0.2) is 0 Å². The highest BCUT2D eigenvalue weighted by Gasteiger charge is 2.58. The van der Waals surface area contributed by atoms with E-state index in [0.29, 0.717) is 0 Å². The van der Waals surface area contributed by atoms with Crippen LogP contribution >= 0.6 is 23.2 Å². The summed E-state index contributed by atoms with van der Waals surface area (Å²) in [5.74, 6) is -2.92. The number of carbonyl (C=O) groups is 4. The van der Waals surface area contributed by atoms with Crippen molar-refractivity contribution in [2.75, 3.05) is 6.61 Å². The summed E-state index contributed by atoms with van der Waals surface area (Å²) in [4.78, 5) is 45.2. The first kappa shape index (κ1) is 21.5. The van der Waals surface area contributed by atoms with Crippen LogP contribution in [0.3, 0.4) is 0 Å². The lowest BCUT2D eigenvalue weighted by molar-refractivity contribution is -0.247. The van der Waals surface area contributed by atoms with Gasteiger partial charge in [0.1, 0.15) is 12.7 Å². The van der Waals surface area contributed by atoms with Gasteiger partial charge >= 0.3 is 23.9 Å². The van der Waals surface area contributed by atoms with Crippen LogP contribution in [0.1, 0.15) is 27.7 Å². The summed E-state index contributed by atoms with van der Waals surface area (Å²) in [6, 6.07) is 0. The Hall–Kier alpha value is -1.58. The van der Waals surface area contributed by atoms with Crippen molar-refractivity contribution in [2.45, 2.75) is 56.6 Å². The third-order valence-corrected chi connectivity index (χ3v) is 3.58. The standard InChI is InChI=1S/C14H18Cl2O9/c1-6(17)21-5-10-11(22-7(2)18)12(23-8(3)19)13(24-9(4)20)14(15,16)25-10/h10-13H,5H2,1-4H3/t10-,11-,12+,13-/m1/s1. The van der Waals surface area contributed by atoms with E-state index >= 15 is 0 Å². The number of ether oxygens (including phenoxy) is 5. The van der Waals surface area contributed by atoms with Crippen LogP contribution in [-0.2, 0) is 42.9 Å². The Bertz CT molecular complexity index is 548. The maximum atomic E-state index is 11.4. The van der Waals surface area contributed by atoms with Crippen molar-refractivity contribution in [3.63, 3.8) is 0 Å². The molecule has 1 fully saturated rings. The van der Waals surface area contributed by atoms with Crippen LogP contribution in [0.2, 0.25) is 0 Å². The average molecular weight is 401 g/mol. The van der Waals surface area contributed by atoms with E-state index < -0.39 is 52.8 Å². The Labute approximate surface area is 153 Å². The first-order valence-electron chi connectivity index (χ1n) is 7.14. The van der Waals surface area contributed by atoms with Gasteiger partial charge in [-0.3, -0.25) is 19.2 Å². The van der Waals surface area contributed by atoms with Crippen LogP contribution in [0.5, 0.6) is 0 Å². The summed E-state index contributed by atoms with van der Waals surface area (Å²) >= 11 is 12.1. The summed E-state index contributed by atoms with van der Waals surface area (Å²) < 4.78 is 23.3. The Morgan fingerprint density at radius 1 is 0.840 bits per heavy atom. The molecule has 11 heteroatoms. The van der Waals surface area contributed by atoms with Gasteiger partial charge in [-0.05, 0) is 0 Å². The minimum atomic E-state index is -2.15. The molecular weight excluding hydrogens is 383 g/mol. The normalized spacial score (nSPS) is 27.8. The molecule has 25 heavy (non-hydrogen) atoms. The number of halogens is 2. The third-order valence-electron chi connectivity index (χ3n) is 2.98. The molecule has 0 aromatic carbocycles. The van der Waals surface area contributed by atoms with Crippen molar-refractivity contribution >= 4 is 47.1 Å². The quantitative estimate of drug-likeness (QED) is 0.376. The molecule has 1 rings (SSSR count). The molecule has 0 bridgehead atoms. The van der Waals surface area contributed by atoms with Gasteiger partial charge in [-0.1, -0.05) is 23.2 Å². The molecule has 0 spiro atoms. The number of alkyl halides is 2. The van der Waals surface area contributed by atoms with Crippen molar-refractivity contribution in [3.05, 3.63) is 0 Å². The highest BCUT2D eigenvalue weighted by Crippen LogP contribution is 2.41. The maximum absolute atomic E-state index is 11.4.